The summed E-state index contributed by atoms with van der Waals surface area (Å²) in [5.41, 5.74) is 11.3. The molecule has 0 radical (unpaired) electrons. The number of fused-ring (bicyclic) bond motifs is 2. The zero-order valence-electron chi connectivity index (χ0n) is 17.9. The van der Waals surface area contributed by atoms with Crippen LogP contribution in [0.25, 0.3) is 10.9 Å². The largest absolute Gasteiger partial charge is 0.361 e. The van der Waals surface area contributed by atoms with Gasteiger partial charge in [-0.05, 0) is 47.4 Å². The summed E-state index contributed by atoms with van der Waals surface area (Å²) < 4.78 is 1.04. The zero-order valence-corrected chi connectivity index (χ0v) is 19.5. The van der Waals surface area contributed by atoms with Crippen LogP contribution in [0.4, 0.5) is 0 Å². The maximum atomic E-state index is 13.6. The molecule has 2 fully saturated rings. The van der Waals surface area contributed by atoms with Crippen molar-refractivity contribution in [3.05, 3.63) is 100 Å². The number of pyridine rings is 1. The number of amides is 1. The molecule has 33 heavy (non-hydrogen) atoms. The maximum absolute atomic E-state index is 13.6. The second kappa shape index (κ2) is 8.41. The number of H-pyrrole nitrogens is 1. The molecule has 6 rings (SSSR count). The molecule has 1 amide bonds. The fraction of sp³-hybridized carbons (Fsp3) is 0.231. The Labute approximate surface area is 200 Å². The number of carbonyl (C=O) groups is 1. The number of hydrazine groups is 1. The van der Waals surface area contributed by atoms with E-state index >= 15 is 0 Å². The number of hydrogen-bond donors (Lipinski definition) is 3. The summed E-state index contributed by atoms with van der Waals surface area (Å²) in [6, 6.07) is 20.4. The van der Waals surface area contributed by atoms with E-state index in [1.165, 1.54) is 16.5 Å². The van der Waals surface area contributed by atoms with Crippen LogP contribution in [0.2, 0.25) is 0 Å². The van der Waals surface area contributed by atoms with Gasteiger partial charge in [0.2, 0.25) is 5.91 Å². The average Bonchev–Trinajstić information content (AvgIpc) is 3.53. The number of likely N-dealkylation sites (tertiary alicyclic amines) is 1. The van der Waals surface area contributed by atoms with Crippen LogP contribution in [0.1, 0.15) is 28.8 Å². The van der Waals surface area contributed by atoms with Crippen LogP contribution in [0, 0.1) is 5.92 Å². The Kier molecular flexibility index (Phi) is 5.25. The summed E-state index contributed by atoms with van der Waals surface area (Å²) in [5.74, 6) is 0.201. The minimum absolute atomic E-state index is 0.0235. The summed E-state index contributed by atoms with van der Waals surface area (Å²) in [6.07, 6.45) is 6.54. The quantitative estimate of drug-likeness (QED) is 0.381. The highest BCUT2D eigenvalue weighted by atomic mass is 79.9. The number of halogens is 1. The number of nitrogens with one attached hydrogen (secondary N) is 3. The molecule has 2 aliphatic heterocycles. The van der Waals surface area contributed by atoms with E-state index in [9.17, 15) is 4.79 Å². The van der Waals surface area contributed by atoms with E-state index in [1.807, 2.05) is 23.2 Å². The van der Waals surface area contributed by atoms with Crippen molar-refractivity contribution in [1.82, 2.24) is 25.7 Å². The Hall–Kier alpha value is -3.00. The lowest BCUT2D eigenvalue weighted by Crippen LogP contribution is -2.42. The molecular formula is C26H24BrN5O. The van der Waals surface area contributed by atoms with Gasteiger partial charge in [-0.3, -0.25) is 9.78 Å². The van der Waals surface area contributed by atoms with Crippen LogP contribution in [0.5, 0.6) is 0 Å². The summed E-state index contributed by atoms with van der Waals surface area (Å²) >= 11 is 3.53. The molecule has 4 unspecified atom stereocenters. The third kappa shape index (κ3) is 3.57. The first kappa shape index (κ1) is 20.6. The molecule has 4 heterocycles. The van der Waals surface area contributed by atoms with Gasteiger partial charge in [0.15, 0.2) is 0 Å². The Morgan fingerprint density at radius 1 is 0.939 bits per heavy atom. The molecule has 2 aromatic heterocycles. The van der Waals surface area contributed by atoms with Crippen molar-refractivity contribution >= 4 is 32.7 Å². The molecular weight excluding hydrogens is 478 g/mol. The van der Waals surface area contributed by atoms with Crippen LogP contribution in [0.15, 0.2) is 83.7 Å². The van der Waals surface area contributed by atoms with E-state index in [2.05, 4.69) is 91.5 Å². The Balaban J connectivity index is 1.34. The molecule has 166 valence electrons. The van der Waals surface area contributed by atoms with Gasteiger partial charge >= 0.3 is 0 Å². The number of rotatable bonds is 5. The highest BCUT2D eigenvalue weighted by Crippen LogP contribution is 2.47. The Morgan fingerprint density at radius 3 is 2.58 bits per heavy atom. The molecule has 6 nitrogen and oxygen atoms in total. The van der Waals surface area contributed by atoms with Gasteiger partial charge in [-0.1, -0.05) is 52.3 Å². The summed E-state index contributed by atoms with van der Waals surface area (Å²) in [5, 5.41) is 1.22. The van der Waals surface area contributed by atoms with Gasteiger partial charge in [0, 0.05) is 46.4 Å². The van der Waals surface area contributed by atoms with E-state index in [1.54, 1.807) is 6.20 Å². The van der Waals surface area contributed by atoms with Gasteiger partial charge in [-0.25, -0.2) is 10.9 Å². The third-order valence-electron chi connectivity index (χ3n) is 6.97. The van der Waals surface area contributed by atoms with Gasteiger partial charge in [0.1, 0.15) is 6.04 Å². The molecule has 3 N–H and O–H groups in total. The summed E-state index contributed by atoms with van der Waals surface area (Å²) in [6.45, 7) is 0.655. The number of nitrogens with zero attached hydrogens (tertiary/aromatic N) is 2. The SMILES string of the molecule is O=C1C2NNC(c3ccc(Br)cc3)C2C(c2cccnc2)N1CCc1c[nH]c2ccccc12. The van der Waals surface area contributed by atoms with Gasteiger partial charge in [-0.2, -0.15) is 0 Å². The summed E-state index contributed by atoms with van der Waals surface area (Å²) in [7, 11) is 0. The highest BCUT2D eigenvalue weighted by molar-refractivity contribution is 9.10. The fourth-order valence-corrected chi connectivity index (χ4v) is 5.70. The van der Waals surface area contributed by atoms with Crippen molar-refractivity contribution in [3.63, 3.8) is 0 Å². The van der Waals surface area contributed by atoms with Gasteiger partial charge in [-0.15, -0.1) is 0 Å². The van der Waals surface area contributed by atoms with Crippen molar-refractivity contribution in [2.75, 3.05) is 6.54 Å². The molecule has 4 aromatic rings. The molecule has 7 heteroatoms. The minimum atomic E-state index is -0.271. The highest BCUT2D eigenvalue weighted by Gasteiger charge is 2.55. The van der Waals surface area contributed by atoms with Gasteiger partial charge in [0.25, 0.3) is 0 Å². The fourth-order valence-electron chi connectivity index (χ4n) is 5.44. The average molecular weight is 502 g/mol. The molecule has 0 saturated carbocycles. The minimum Gasteiger partial charge on any atom is -0.361 e. The lowest BCUT2D eigenvalue weighted by atomic mass is 9.84. The van der Waals surface area contributed by atoms with E-state index in [-0.39, 0.29) is 30.0 Å². The zero-order chi connectivity index (χ0) is 22.4. The first-order valence-corrected chi connectivity index (χ1v) is 12.0. The normalized spacial score (nSPS) is 24.5. The number of aromatic nitrogens is 2. The lowest BCUT2D eigenvalue weighted by molar-refractivity contribution is -0.130. The van der Waals surface area contributed by atoms with Crippen LogP contribution >= 0.6 is 15.9 Å². The molecule has 2 aromatic carbocycles. The number of benzene rings is 2. The smallest absolute Gasteiger partial charge is 0.242 e. The predicted octanol–water partition coefficient (Wildman–Crippen LogP) is 4.29. The second-order valence-corrected chi connectivity index (χ2v) is 9.66. The number of hydrogen-bond acceptors (Lipinski definition) is 4. The standard InChI is InChI=1S/C26H24BrN5O/c27-19-9-7-16(8-10-19)23-22-24(31-30-23)26(33)32(25(22)18-4-3-12-28-14-18)13-11-17-15-29-21-6-2-1-5-20(17)21/h1-10,12,14-15,22-25,29-31H,11,13H2. The van der Waals surface area contributed by atoms with Crippen molar-refractivity contribution in [2.45, 2.75) is 24.5 Å². The van der Waals surface area contributed by atoms with E-state index in [4.69, 9.17) is 0 Å². The summed E-state index contributed by atoms with van der Waals surface area (Å²) in [4.78, 5) is 23.4. The molecule has 0 aliphatic carbocycles. The molecule has 0 spiro atoms. The van der Waals surface area contributed by atoms with E-state index in [0.717, 1.165) is 22.0 Å². The predicted molar refractivity (Wildman–Crippen MR) is 131 cm³/mol. The van der Waals surface area contributed by atoms with Crippen LogP contribution in [-0.2, 0) is 11.2 Å². The van der Waals surface area contributed by atoms with Crippen molar-refractivity contribution < 1.29 is 4.79 Å². The first-order valence-electron chi connectivity index (χ1n) is 11.2. The Bertz CT molecular complexity index is 1290. The van der Waals surface area contributed by atoms with Crippen molar-refractivity contribution in [2.24, 2.45) is 5.92 Å². The van der Waals surface area contributed by atoms with E-state index < -0.39 is 0 Å². The van der Waals surface area contributed by atoms with Crippen molar-refractivity contribution in [1.29, 1.82) is 0 Å². The first-order chi connectivity index (χ1) is 16.2. The van der Waals surface area contributed by atoms with Crippen LogP contribution < -0.4 is 10.9 Å². The van der Waals surface area contributed by atoms with Crippen molar-refractivity contribution in [3.8, 4) is 0 Å². The van der Waals surface area contributed by atoms with Gasteiger partial charge < -0.3 is 9.88 Å². The molecule has 4 atom stereocenters. The number of para-hydroxylation sites is 1. The number of carbonyl (C=O) groups excluding carboxylic acids is 1. The second-order valence-electron chi connectivity index (χ2n) is 8.75. The number of aromatic amines is 1. The van der Waals surface area contributed by atoms with Crippen LogP contribution in [-0.4, -0.2) is 33.4 Å². The third-order valence-corrected chi connectivity index (χ3v) is 7.49. The maximum Gasteiger partial charge on any atom is 0.242 e. The molecule has 2 aliphatic rings. The molecule has 2 saturated heterocycles. The van der Waals surface area contributed by atoms with E-state index in [0.29, 0.717) is 6.54 Å². The molecule has 0 bridgehead atoms. The topological polar surface area (TPSA) is 73.1 Å². The Morgan fingerprint density at radius 2 is 1.76 bits per heavy atom. The van der Waals surface area contributed by atoms with Crippen LogP contribution in [0.3, 0.4) is 0 Å². The lowest BCUT2D eigenvalue weighted by Gasteiger charge is -2.31. The monoisotopic (exact) mass is 501 g/mol. The van der Waals surface area contributed by atoms with Gasteiger partial charge in [0.05, 0.1) is 12.1 Å².